The molecule has 134 valence electrons. The van der Waals surface area contributed by atoms with Gasteiger partial charge < -0.3 is 19.5 Å². The van der Waals surface area contributed by atoms with Crippen molar-refractivity contribution < 1.29 is 23.8 Å². The van der Waals surface area contributed by atoms with E-state index in [-0.39, 0.29) is 18.9 Å². The van der Waals surface area contributed by atoms with Gasteiger partial charge in [-0.2, -0.15) is 0 Å². The smallest absolute Gasteiger partial charge is 0.350 e. The molecule has 0 spiro atoms. The van der Waals surface area contributed by atoms with Gasteiger partial charge in [-0.15, -0.1) is 0 Å². The van der Waals surface area contributed by atoms with E-state index in [0.29, 0.717) is 27.2 Å². The molecule has 25 heavy (non-hydrogen) atoms. The second-order valence-electron chi connectivity index (χ2n) is 5.06. The number of aryl methyl sites for hydroxylation is 1. The molecule has 7 nitrogen and oxygen atoms in total. The van der Waals surface area contributed by atoms with E-state index < -0.39 is 5.97 Å². The number of carbonyl (C=O) groups is 2. The molecule has 1 aromatic heterocycles. The van der Waals surface area contributed by atoms with Crippen LogP contribution >= 0.6 is 11.3 Å². The number of benzene rings is 1. The lowest BCUT2D eigenvalue weighted by Gasteiger charge is -2.10. The van der Waals surface area contributed by atoms with Crippen molar-refractivity contribution in [2.75, 3.05) is 26.1 Å². The largest absolute Gasteiger partial charge is 0.497 e. The lowest BCUT2D eigenvalue weighted by Crippen LogP contribution is -2.14. The Morgan fingerprint density at radius 3 is 2.64 bits per heavy atom. The van der Waals surface area contributed by atoms with Crippen molar-refractivity contribution in [2.24, 2.45) is 0 Å². The number of aromatic nitrogens is 1. The van der Waals surface area contributed by atoms with Crippen LogP contribution in [0.2, 0.25) is 0 Å². The van der Waals surface area contributed by atoms with Crippen LogP contribution in [0, 0.1) is 6.92 Å². The maximum atomic E-state index is 12.3. The first-order valence-corrected chi connectivity index (χ1v) is 8.45. The fourth-order valence-electron chi connectivity index (χ4n) is 2.17. The van der Waals surface area contributed by atoms with Gasteiger partial charge in [0.1, 0.15) is 16.4 Å². The van der Waals surface area contributed by atoms with E-state index in [1.807, 2.05) is 0 Å². The summed E-state index contributed by atoms with van der Waals surface area (Å²) in [4.78, 5) is 28.7. The highest BCUT2D eigenvalue weighted by atomic mass is 32.1. The Hall–Kier alpha value is -2.61. The maximum absolute atomic E-state index is 12.3. The van der Waals surface area contributed by atoms with Gasteiger partial charge in [0.05, 0.1) is 32.9 Å². The normalized spacial score (nSPS) is 10.2. The zero-order valence-electron chi connectivity index (χ0n) is 14.5. The molecule has 8 heteroatoms. The molecule has 0 radical (unpaired) electrons. The first kappa shape index (κ1) is 18.7. The molecule has 0 saturated heterocycles. The number of ether oxygens (including phenoxy) is 3. The molecular weight excluding hydrogens is 344 g/mol. The van der Waals surface area contributed by atoms with Crippen molar-refractivity contribution >= 4 is 28.3 Å². The number of thiazole rings is 1. The van der Waals surface area contributed by atoms with Gasteiger partial charge in [-0.1, -0.05) is 17.4 Å². The standard InChI is InChI=1S/C17H20N2O5S/c1-5-24-16(21)15-10(2)18-17(25-15)19-14(20)8-11-6-7-12(22-3)9-13(11)23-4/h6-7,9H,5,8H2,1-4H3,(H,18,19,20). The number of hydrogen-bond acceptors (Lipinski definition) is 7. The summed E-state index contributed by atoms with van der Waals surface area (Å²) in [7, 11) is 3.10. The summed E-state index contributed by atoms with van der Waals surface area (Å²) >= 11 is 1.09. The van der Waals surface area contributed by atoms with Crippen LogP contribution in [-0.4, -0.2) is 37.7 Å². The number of amides is 1. The first-order chi connectivity index (χ1) is 12.0. The highest BCUT2D eigenvalue weighted by Crippen LogP contribution is 2.26. The molecule has 1 aromatic carbocycles. The van der Waals surface area contributed by atoms with Gasteiger partial charge in [-0.05, 0) is 19.9 Å². The molecule has 0 unspecified atom stereocenters. The maximum Gasteiger partial charge on any atom is 0.350 e. The predicted molar refractivity (Wildman–Crippen MR) is 94.7 cm³/mol. The van der Waals surface area contributed by atoms with Crippen LogP contribution in [0.5, 0.6) is 11.5 Å². The Morgan fingerprint density at radius 1 is 1.24 bits per heavy atom. The summed E-state index contributed by atoms with van der Waals surface area (Å²) in [5.74, 6) is 0.523. The van der Waals surface area contributed by atoms with Crippen LogP contribution in [0.25, 0.3) is 0 Å². The molecule has 0 aliphatic heterocycles. The molecule has 2 aromatic rings. The molecule has 0 fully saturated rings. The third kappa shape index (κ3) is 4.69. The van der Waals surface area contributed by atoms with Gasteiger partial charge in [-0.25, -0.2) is 9.78 Å². The van der Waals surface area contributed by atoms with Crippen molar-refractivity contribution in [2.45, 2.75) is 20.3 Å². The quantitative estimate of drug-likeness (QED) is 0.760. The third-order valence-electron chi connectivity index (χ3n) is 3.35. The van der Waals surface area contributed by atoms with E-state index in [1.165, 1.54) is 7.11 Å². The fourth-order valence-corrected chi connectivity index (χ4v) is 3.05. The lowest BCUT2D eigenvalue weighted by atomic mass is 10.1. The summed E-state index contributed by atoms with van der Waals surface area (Å²) < 4.78 is 15.4. The van der Waals surface area contributed by atoms with E-state index in [4.69, 9.17) is 14.2 Å². The molecule has 1 N–H and O–H groups in total. The topological polar surface area (TPSA) is 86.8 Å². The van der Waals surface area contributed by atoms with Crippen LogP contribution in [0.15, 0.2) is 18.2 Å². The van der Waals surface area contributed by atoms with Crippen molar-refractivity contribution in [3.05, 3.63) is 34.3 Å². The number of methoxy groups -OCH3 is 2. The second kappa shape index (κ2) is 8.48. The molecule has 1 amide bonds. The fraction of sp³-hybridized carbons (Fsp3) is 0.353. The minimum atomic E-state index is -0.435. The third-order valence-corrected chi connectivity index (χ3v) is 4.40. The highest BCUT2D eigenvalue weighted by Gasteiger charge is 2.18. The van der Waals surface area contributed by atoms with Gasteiger partial charge in [0.2, 0.25) is 5.91 Å². The minimum Gasteiger partial charge on any atom is -0.497 e. The molecule has 0 atom stereocenters. The summed E-state index contributed by atoms with van der Waals surface area (Å²) in [5, 5.41) is 3.06. The average molecular weight is 364 g/mol. The molecule has 0 aliphatic rings. The van der Waals surface area contributed by atoms with Crippen LogP contribution in [0.1, 0.15) is 27.9 Å². The second-order valence-corrected chi connectivity index (χ2v) is 6.06. The Bertz CT molecular complexity index is 772. The number of carbonyl (C=O) groups excluding carboxylic acids is 2. The summed E-state index contributed by atoms with van der Waals surface area (Å²) in [6.07, 6.45) is 0.112. The van der Waals surface area contributed by atoms with E-state index in [9.17, 15) is 9.59 Å². The van der Waals surface area contributed by atoms with E-state index in [1.54, 1.807) is 39.2 Å². The van der Waals surface area contributed by atoms with Crippen molar-refractivity contribution in [3.63, 3.8) is 0 Å². The summed E-state index contributed by atoms with van der Waals surface area (Å²) in [6, 6.07) is 5.25. The number of nitrogens with zero attached hydrogens (tertiary/aromatic N) is 1. The Kier molecular flexibility index (Phi) is 6.35. The zero-order valence-corrected chi connectivity index (χ0v) is 15.4. The van der Waals surface area contributed by atoms with Crippen LogP contribution in [-0.2, 0) is 16.0 Å². The first-order valence-electron chi connectivity index (χ1n) is 7.63. The Morgan fingerprint density at radius 2 is 2.00 bits per heavy atom. The van der Waals surface area contributed by atoms with Crippen LogP contribution in [0.3, 0.4) is 0 Å². The number of hydrogen-bond donors (Lipinski definition) is 1. The number of anilines is 1. The lowest BCUT2D eigenvalue weighted by molar-refractivity contribution is -0.115. The Labute approximate surface area is 149 Å². The van der Waals surface area contributed by atoms with Gasteiger partial charge >= 0.3 is 5.97 Å². The summed E-state index contributed by atoms with van der Waals surface area (Å²) in [6.45, 7) is 3.72. The average Bonchev–Trinajstić information content (AvgIpc) is 2.95. The molecular formula is C17H20N2O5S. The molecule has 0 saturated carbocycles. The SMILES string of the molecule is CCOC(=O)c1sc(NC(=O)Cc2ccc(OC)cc2OC)nc1C. The molecule has 1 heterocycles. The van der Waals surface area contributed by atoms with Crippen LogP contribution < -0.4 is 14.8 Å². The number of nitrogens with one attached hydrogen (secondary N) is 1. The molecule has 0 bridgehead atoms. The van der Waals surface area contributed by atoms with E-state index >= 15 is 0 Å². The van der Waals surface area contributed by atoms with Crippen molar-refractivity contribution in [1.29, 1.82) is 0 Å². The minimum absolute atomic E-state index is 0.112. The Balaban J connectivity index is 2.08. The zero-order chi connectivity index (χ0) is 18.4. The van der Waals surface area contributed by atoms with Gasteiger partial charge in [0.25, 0.3) is 0 Å². The van der Waals surface area contributed by atoms with Gasteiger partial charge in [-0.3, -0.25) is 4.79 Å². The number of rotatable bonds is 7. The predicted octanol–water partition coefficient (Wildman–Crippen LogP) is 2.83. The van der Waals surface area contributed by atoms with Gasteiger partial charge in [0.15, 0.2) is 5.13 Å². The molecule has 2 rings (SSSR count). The van der Waals surface area contributed by atoms with Crippen molar-refractivity contribution in [3.8, 4) is 11.5 Å². The van der Waals surface area contributed by atoms with Gasteiger partial charge in [0, 0.05) is 11.6 Å². The highest BCUT2D eigenvalue weighted by molar-refractivity contribution is 7.17. The van der Waals surface area contributed by atoms with Crippen molar-refractivity contribution in [1.82, 2.24) is 4.98 Å². The van der Waals surface area contributed by atoms with E-state index in [0.717, 1.165) is 16.9 Å². The monoisotopic (exact) mass is 364 g/mol. The molecule has 0 aliphatic carbocycles. The van der Waals surface area contributed by atoms with E-state index in [2.05, 4.69) is 10.3 Å². The van der Waals surface area contributed by atoms with Crippen LogP contribution in [0.4, 0.5) is 5.13 Å². The number of esters is 1. The summed E-state index contributed by atoms with van der Waals surface area (Å²) in [5.41, 5.74) is 1.25.